The second-order valence-corrected chi connectivity index (χ2v) is 5.02. The number of nitrogens with zero attached hydrogens (tertiary/aromatic N) is 2. The predicted octanol–water partition coefficient (Wildman–Crippen LogP) is 3.35. The van der Waals surface area contributed by atoms with Gasteiger partial charge in [-0.3, -0.25) is 0 Å². The Morgan fingerprint density at radius 3 is 2.90 bits per heavy atom. The molecule has 0 aliphatic rings. The number of hydrogen-bond acceptors (Lipinski definition) is 4. The SMILES string of the molecule is Cc1cc(N)cnc1N(C)Cc1coc2ccccc12. The molecule has 0 unspecified atom stereocenters. The largest absolute Gasteiger partial charge is 0.464 e. The summed E-state index contributed by atoms with van der Waals surface area (Å²) in [5.41, 5.74) is 9.57. The van der Waals surface area contributed by atoms with Crippen LogP contribution in [-0.2, 0) is 6.54 Å². The molecule has 0 spiro atoms. The number of nitrogen functional groups attached to an aromatic ring is 1. The zero-order valence-corrected chi connectivity index (χ0v) is 11.6. The second-order valence-electron chi connectivity index (χ2n) is 5.02. The third-order valence-electron chi connectivity index (χ3n) is 3.40. The number of rotatable bonds is 3. The van der Waals surface area contributed by atoms with Crippen LogP contribution >= 0.6 is 0 Å². The summed E-state index contributed by atoms with van der Waals surface area (Å²) in [5, 5.41) is 1.15. The Morgan fingerprint density at radius 1 is 1.30 bits per heavy atom. The summed E-state index contributed by atoms with van der Waals surface area (Å²) in [4.78, 5) is 6.51. The van der Waals surface area contributed by atoms with Gasteiger partial charge in [0.15, 0.2) is 0 Å². The average molecular weight is 267 g/mol. The van der Waals surface area contributed by atoms with E-state index in [1.807, 2.05) is 44.5 Å². The van der Waals surface area contributed by atoms with Crippen LogP contribution < -0.4 is 10.6 Å². The van der Waals surface area contributed by atoms with E-state index in [1.165, 1.54) is 0 Å². The van der Waals surface area contributed by atoms with Crippen LogP contribution in [0.25, 0.3) is 11.0 Å². The highest BCUT2D eigenvalue weighted by Crippen LogP contribution is 2.24. The molecule has 4 heteroatoms. The maximum Gasteiger partial charge on any atom is 0.134 e. The van der Waals surface area contributed by atoms with Gasteiger partial charge in [0.2, 0.25) is 0 Å². The quantitative estimate of drug-likeness (QED) is 0.790. The zero-order chi connectivity index (χ0) is 14.1. The maximum absolute atomic E-state index is 5.74. The molecule has 0 aliphatic carbocycles. The van der Waals surface area contributed by atoms with E-state index in [1.54, 1.807) is 6.20 Å². The lowest BCUT2D eigenvalue weighted by Crippen LogP contribution is -2.18. The van der Waals surface area contributed by atoms with Crippen molar-refractivity contribution in [2.45, 2.75) is 13.5 Å². The van der Waals surface area contributed by atoms with E-state index >= 15 is 0 Å². The molecule has 0 radical (unpaired) electrons. The van der Waals surface area contributed by atoms with Crippen LogP contribution in [0, 0.1) is 6.92 Å². The van der Waals surface area contributed by atoms with Gasteiger partial charge in [0.05, 0.1) is 18.1 Å². The average Bonchev–Trinajstić information content (AvgIpc) is 2.82. The van der Waals surface area contributed by atoms with Gasteiger partial charge in [-0.15, -0.1) is 0 Å². The Hall–Kier alpha value is -2.49. The number of aromatic nitrogens is 1. The zero-order valence-electron chi connectivity index (χ0n) is 11.6. The van der Waals surface area contributed by atoms with Crippen molar-refractivity contribution in [2.75, 3.05) is 17.7 Å². The second kappa shape index (κ2) is 4.89. The lowest BCUT2D eigenvalue weighted by atomic mass is 10.1. The summed E-state index contributed by atoms with van der Waals surface area (Å²) in [6, 6.07) is 9.99. The molecule has 3 aromatic rings. The van der Waals surface area contributed by atoms with Crippen molar-refractivity contribution in [1.29, 1.82) is 0 Å². The smallest absolute Gasteiger partial charge is 0.134 e. The van der Waals surface area contributed by atoms with Gasteiger partial charge in [-0.1, -0.05) is 18.2 Å². The molecule has 20 heavy (non-hydrogen) atoms. The standard InChI is InChI=1S/C16H17N3O/c1-11-7-13(17)8-18-16(11)19(2)9-12-10-20-15-6-4-3-5-14(12)15/h3-8,10H,9,17H2,1-2H3. The Kier molecular flexibility index (Phi) is 3.06. The first kappa shape index (κ1) is 12.5. The van der Waals surface area contributed by atoms with Gasteiger partial charge < -0.3 is 15.1 Å². The Morgan fingerprint density at radius 2 is 2.10 bits per heavy atom. The van der Waals surface area contributed by atoms with Crippen LogP contribution in [0.1, 0.15) is 11.1 Å². The third-order valence-corrected chi connectivity index (χ3v) is 3.40. The molecular formula is C16H17N3O. The monoisotopic (exact) mass is 267 g/mol. The molecule has 2 heterocycles. The van der Waals surface area contributed by atoms with E-state index in [0.29, 0.717) is 5.69 Å². The number of pyridine rings is 1. The topological polar surface area (TPSA) is 55.3 Å². The lowest BCUT2D eigenvalue weighted by molar-refractivity contribution is 0.609. The molecule has 2 aromatic heterocycles. The minimum absolute atomic E-state index is 0.688. The van der Waals surface area contributed by atoms with Crippen molar-refractivity contribution in [3.05, 3.63) is 53.9 Å². The van der Waals surface area contributed by atoms with E-state index < -0.39 is 0 Å². The van der Waals surface area contributed by atoms with Gasteiger partial charge in [0, 0.05) is 24.5 Å². The van der Waals surface area contributed by atoms with E-state index in [0.717, 1.165) is 34.5 Å². The lowest BCUT2D eigenvalue weighted by Gasteiger charge is -2.19. The van der Waals surface area contributed by atoms with E-state index in [4.69, 9.17) is 10.2 Å². The molecule has 0 atom stereocenters. The molecule has 2 N–H and O–H groups in total. The molecule has 0 fully saturated rings. The van der Waals surface area contributed by atoms with Gasteiger partial charge in [-0.05, 0) is 24.6 Å². The molecule has 0 amide bonds. The van der Waals surface area contributed by atoms with Crippen LogP contribution in [0.5, 0.6) is 0 Å². The third kappa shape index (κ3) is 2.20. The minimum Gasteiger partial charge on any atom is -0.464 e. The highest BCUT2D eigenvalue weighted by Gasteiger charge is 2.11. The first-order chi connectivity index (χ1) is 9.65. The van der Waals surface area contributed by atoms with Crippen LogP contribution in [0.2, 0.25) is 0 Å². The number of furan rings is 1. The van der Waals surface area contributed by atoms with Crippen LogP contribution in [0.15, 0.2) is 47.2 Å². The molecular weight excluding hydrogens is 250 g/mol. The van der Waals surface area contributed by atoms with Crippen molar-refractivity contribution in [2.24, 2.45) is 0 Å². The normalized spacial score (nSPS) is 10.9. The summed E-state index contributed by atoms with van der Waals surface area (Å²) in [5.74, 6) is 0.935. The molecule has 3 rings (SSSR count). The molecule has 0 saturated heterocycles. The molecule has 102 valence electrons. The summed E-state index contributed by atoms with van der Waals surface area (Å²) in [6.45, 7) is 2.76. The van der Waals surface area contributed by atoms with Gasteiger partial charge >= 0.3 is 0 Å². The van der Waals surface area contributed by atoms with Crippen molar-refractivity contribution in [1.82, 2.24) is 4.98 Å². The van der Waals surface area contributed by atoms with Gasteiger partial charge in [-0.2, -0.15) is 0 Å². The van der Waals surface area contributed by atoms with Crippen molar-refractivity contribution in [3.8, 4) is 0 Å². The number of nitrogens with two attached hydrogens (primary N) is 1. The molecule has 0 saturated carbocycles. The highest BCUT2D eigenvalue weighted by molar-refractivity contribution is 5.81. The predicted molar refractivity (Wildman–Crippen MR) is 81.7 cm³/mol. The van der Waals surface area contributed by atoms with Crippen molar-refractivity contribution in [3.63, 3.8) is 0 Å². The first-order valence-corrected chi connectivity index (χ1v) is 6.53. The number of para-hydroxylation sites is 1. The molecule has 1 aromatic carbocycles. The fourth-order valence-corrected chi connectivity index (χ4v) is 2.47. The van der Waals surface area contributed by atoms with E-state index in [-0.39, 0.29) is 0 Å². The number of fused-ring (bicyclic) bond motifs is 1. The summed E-state index contributed by atoms with van der Waals surface area (Å²) in [7, 11) is 2.02. The van der Waals surface area contributed by atoms with Crippen molar-refractivity contribution < 1.29 is 4.42 Å². The van der Waals surface area contributed by atoms with Gasteiger partial charge in [0.1, 0.15) is 11.4 Å². The fraction of sp³-hybridized carbons (Fsp3) is 0.188. The van der Waals surface area contributed by atoms with E-state index in [9.17, 15) is 0 Å². The van der Waals surface area contributed by atoms with Gasteiger partial charge in [0.25, 0.3) is 0 Å². The van der Waals surface area contributed by atoms with Crippen LogP contribution in [0.4, 0.5) is 11.5 Å². The number of anilines is 2. The van der Waals surface area contributed by atoms with Crippen LogP contribution in [0.3, 0.4) is 0 Å². The number of hydrogen-bond donors (Lipinski definition) is 1. The van der Waals surface area contributed by atoms with E-state index in [2.05, 4.69) is 16.0 Å². The Labute approximate surface area is 117 Å². The summed E-state index contributed by atoms with van der Waals surface area (Å²) in [6.07, 6.45) is 3.50. The van der Waals surface area contributed by atoms with Crippen molar-refractivity contribution >= 4 is 22.5 Å². The Bertz CT molecular complexity index is 748. The van der Waals surface area contributed by atoms with Gasteiger partial charge in [-0.25, -0.2) is 4.98 Å². The van der Waals surface area contributed by atoms with Crippen LogP contribution in [-0.4, -0.2) is 12.0 Å². The maximum atomic E-state index is 5.74. The molecule has 0 bridgehead atoms. The Balaban J connectivity index is 1.90. The molecule has 4 nitrogen and oxygen atoms in total. The summed E-state index contributed by atoms with van der Waals surface area (Å²) < 4.78 is 5.57. The number of benzene rings is 1. The summed E-state index contributed by atoms with van der Waals surface area (Å²) >= 11 is 0. The minimum atomic E-state index is 0.688. The molecule has 0 aliphatic heterocycles. The number of aryl methyl sites for hydroxylation is 1. The fourth-order valence-electron chi connectivity index (χ4n) is 2.47. The highest BCUT2D eigenvalue weighted by atomic mass is 16.3. The first-order valence-electron chi connectivity index (χ1n) is 6.53.